The molecule has 224 valence electrons. The zero-order valence-corrected chi connectivity index (χ0v) is 26.1. The molecule has 1 atom stereocenters. The van der Waals surface area contributed by atoms with Gasteiger partial charge in [-0.25, -0.2) is 9.97 Å². The molecule has 0 bridgehead atoms. The van der Waals surface area contributed by atoms with E-state index in [1.165, 1.54) is 55.2 Å². The molecule has 7 aromatic carbocycles. The molecular weight excluding hydrogens is 583 g/mol. The van der Waals surface area contributed by atoms with E-state index in [-0.39, 0.29) is 5.92 Å². The predicted molar refractivity (Wildman–Crippen MR) is 198 cm³/mol. The minimum Gasteiger partial charge on any atom is -0.278 e. The van der Waals surface area contributed by atoms with Crippen molar-refractivity contribution in [1.29, 1.82) is 0 Å². The van der Waals surface area contributed by atoms with Crippen molar-refractivity contribution in [2.24, 2.45) is 0 Å². The summed E-state index contributed by atoms with van der Waals surface area (Å²) in [4.78, 5) is 10.7. The summed E-state index contributed by atoms with van der Waals surface area (Å²) in [7, 11) is 0. The summed E-state index contributed by atoms with van der Waals surface area (Å²) in [6.07, 6.45) is 0. The van der Waals surface area contributed by atoms with Crippen LogP contribution in [0.25, 0.3) is 72.2 Å². The summed E-state index contributed by atoms with van der Waals surface area (Å²) in [6.45, 7) is 0. The molecule has 2 aromatic heterocycles. The number of benzene rings is 7. The maximum Gasteiger partial charge on any atom is 0.235 e. The van der Waals surface area contributed by atoms with Crippen LogP contribution in [0.2, 0.25) is 0 Å². The highest BCUT2D eigenvalue weighted by molar-refractivity contribution is 6.13. The molecule has 0 aliphatic heterocycles. The fourth-order valence-electron chi connectivity index (χ4n) is 7.79. The van der Waals surface area contributed by atoms with Crippen LogP contribution in [0.15, 0.2) is 170 Å². The Morgan fingerprint density at radius 1 is 0.438 bits per heavy atom. The zero-order chi connectivity index (χ0) is 31.6. The number of rotatable bonds is 4. The van der Waals surface area contributed by atoms with Crippen molar-refractivity contribution in [2.45, 2.75) is 5.92 Å². The SMILES string of the molecule is c1ccc(-c2ccc(-c3nc(-n4c5ccccc5c5ccc6c(c54)C(c4ccccc4)c4ccccc4-6)nc4ccccc34)cc2)cc1. The summed E-state index contributed by atoms with van der Waals surface area (Å²) >= 11 is 0. The van der Waals surface area contributed by atoms with Crippen molar-refractivity contribution in [1.82, 2.24) is 14.5 Å². The van der Waals surface area contributed by atoms with E-state index in [1.54, 1.807) is 0 Å². The molecule has 0 fully saturated rings. The fraction of sp³-hybridized carbons (Fsp3) is 0.0222. The largest absolute Gasteiger partial charge is 0.278 e. The molecule has 3 nitrogen and oxygen atoms in total. The van der Waals surface area contributed by atoms with Gasteiger partial charge in [0.05, 0.1) is 22.2 Å². The molecular formula is C45H29N3. The van der Waals surface area contributed by atoms with Crippen LogP contribution < -0.4 is 0 Å². The topological polar surface area (TPSA) is 30.7 Å². The van der Waals surface area contributed by atoms with E-state index < -0.39 is 0 Å². The lowest BCUT2D eigenvalue weighted by Gasteiger charge is -2.18. The molecule has 2 heterocycles. The number of fused-ring (bicyclic) bond motifs is 8. The molecule has 9 aromatic rings. The van der Waals surface area contributed by atoms with Crippen LogP contribution in [0.3, 0.4) is 0 Å². The van der Waals surface area contributed by atoms with Crippen LogP contribution in [0.5, 0.6) is 0 Å². The zero-order valence-electron chi connectivity index (χ0n) is 26.1. The van der Waals surface area contributed by atoms with Gasteiger partial charge >= 0.3 is 0 Å². The van der Waals surface area contributed by atoms with E-state index in [0.717, 1.165) is 27.7 Å². The number of para-hydroxylation sites is 2. The molecule has 0 N–H and O–H groups in total. The van der Waals surface area contributed by atoms with Crippen molar-refractivity contribution < 1.29 is 0 Å². The van der Waals surface area contributed by atoms with Crippen LogP contribution >= 0.6 is 0 Å². The Kier molecular flexibility index (Phi) is 5.94. The normalized spacial score (nSPS) is 13.6. The van der Waals surface area contributed by atoms with Crippen molar-refractivity contribution in [3.8, 4) is 39.5 Å². The van der Waals surface area contributed by atoms with Gasteiger partial charge in [0.1, 0.15) is 0 Å². The number of hydrogen-bond donors (Lipinski definition) is 0. The Hall–Kier alpha value is -6.32. The van der Waals surface area contributed by atoms with Gasteiger partial charge in [0.25, 0.3) is 0 Å². The Morgan fingerprint density at radius 2 is 1.08 bits per heavy atom. The molecule has 10 rings (SSSR count). The van der Waals surface area contributed by atoms with E-state index in [2.05, 4.69) is 174 Å². The molecule has 48 heavy (non-hydrogen) atoms. The Bertz CT molecular complexity index is 2650. The lowest BCUT2D eigenvalue weighted by molar-refractivity contribution is 0.979. The third-order valence-corrected chi connectivity index (χ3v) is 9.92. The van der Waals surface area contributed by atoms with Gasteiger partial charge in [0.2, 0.25) is 5.95 Å². The molecule has 0 saturated heterocycles. The highest BCUT2D eigenvalue weighted by Crippen LogP contribution is 2.52. The molecule has 3 heteroatoms. The second-order valence-corrected chi connectivity index (χ2v) is 12.5. The van der Waals surface area contributed by atoms with Crippen molar-refractivity contribution in [2.75, 3.05) is 0 Å². The van der Waals surface area contributed by atoms with E-state index in [1.807, 2.05) is 0 Å². The van der Waals surface area contributed by atoms with Gasteiger partial charge in [-0.3, -0.25) is 4.57 Å². The maximum absolute atomic E-state index is 5.44. The first kappa shape index (κ1) is 26.9. The van der Waals surface area contributed by atoms with Gasteiger partial charge in [0.15, 0.2) is 0 Å². The summed E-state index contributed by atoms with van der Waals surface area (Å²) in [5.74, 6) is 0.771. The van der Waals surface area contributed by atoms with Gasteiger partial charge in [-0.15, -0.1) is 0 Å². The average Bonchev–Trinajstić information content (AvgIpc) is 3.68. The first-order valence-corrected chi connectivity index (χ1v) is 16.5. The Balaban J connectivity index is 1.27. The van der Waals surface area contributed by atoms with Gasteiger partial charge in [-0.1, -0.05) is 158 Å². The van der Waals surface area contributed by atoms with E-state index in [9.17, 15) is 0 Å². The van der Waals surface area contributed by atoms with Gasteiger partial charge < -0.3 is 0 Å². The second-order valence-electron chi connectivity index (χ2n) is 12.5. The quantitative estimate of drug-likeness (QED) is 0.198. The van der Waals surface area contributed by atoms with Crippen molar-refractivity contribution in [3.05, 3.63) is 187 Å². The highest BCUT2D eigenvalue weighted by atomic mass is 15.2. The maximum atomic E-state index is 5.44. The second kappa shape index (κ2) is 10.6. The third-order valence-electron chi connectivity index (χ3n) is 9.92. The van der Waals surface area contributed by atoms with Crippen LogP contribution in [0.1, 0.15) is 22.6 Å². The van der Waals surface area contributed by atoms with Crippen LogP contribution in [-0.2, 0) is 0 Å². The summed E-state index contributed by atoms with van der Waals surface area (Å²) in [6, 6.07) is 60.7. The van der Waals surface area contributed by atoms with Gasteiger partial charge in [-0.05, 0) is 51.1 Å². The molecule has 0 saturated carbocycles. The Labute approximate surface area is 278 Å². The number of aromatic nitrogens is 3. The first-order chi connectivity index (χ1) is 23.8. The molecule has 0 amide bonds. The first-order valence-electron chi connectivity index (χ1n) is 16.5. The van der Waals surface area contributed by atoms with Crippen molar-refractivity contribution in [3.63, 3.8) is 0 Å². The lowest BCUT2D eigenvalue weighted by Crippen LogP contribution is -2.06. The van der Waals surface area contributed by atoms with E-state index in [0.29, 0.717) is 5.95 Å². The van der Waals surface area contributed by atoms with E-state index >= 15 is 0 Å². The van der Waals surface area contributed by atoms with Crippen LogP contribution in [-0.4, -0.2) is 14.5 Å². The van der Waals surface area contributed by atoms with Gasteiger partial charge in [-0.2, -0.15) is 0 Å². The van der Waals surface area contributed by atoms with Crippen LogP contribution in [0.4, 0.5) is 0 Å². The molecule has 0 radical (unpaired) electrons. The Morgan fingerprint density at radius 3 is 1.92 bits per heavy atom. The minimum absolute atomic E-state index is 0.0922. The minimum atomic E-state index is 0.0922. The summed E-state index contributed by atoms with van der Waals surface area (Å²) < 4.78 is 2.32. The predicted octanol–water partition coefficient (Wildman–Crippen LogP) is 11.2. The summed E-state index contributed by atoms with van der Waals surface area (Å²) in [5, 5.41) is 3.45. The fourth-order valence-corrected chi connectivity index (χ4v) is 7.79. The van der Waals surface area contributed by atoms with Gasteiger partial charge in [0, 0.05) is 27.6 Å². The highest BCUT2D eigenvalue weighted by Gasteiger charge is 2.34. The van der Waals surface area contributed by atoms with Crippen LogP contribution in [0, 0.1) is 0 Å². The molecule has 1 aliphatic carbocycles. The number of hydrogen-bond acceptors (Lipinski definition) is 2. The average molecular weight is 612 g/mol. The van der Waals surface area contributed by atoms with Crippen molar-refractivity contribution >= 4 is 32.7 Å². The molecule has 0 spiro atoms. The number of nitrogens with zero attached hydrogens (tertiary/aromatic N) is 3. The molecule has 1 aliphatic rings. The van der Waals surface area contributed by atoms with E-state index in [4.69, 9.17) is 9.97 Å². The smallest absolute Gasteiger partial charge is 0.235 e. The lowest BCUT2D eigenvalue weighted by atomic mass is 9.88. The standard InChI is InChI=1S/C45H29N3/c1-3-13-29(14-4-1)30-23-25-32(26-24-30)43-38-20-9-11-21-39(38)46-45(47-43)48-40-22-12-10-18-34(40)37-28-27-36-33-17-7-8-19-35(33)41(42(36)44(37)48)31-15-5-2-6-16-31/h1-28,41H. The molecule has 1 unspecified atom stereocenters. The monoisotopic (exact) mass is 611 g/mol. The third kappa shape index (κ3) is 4.01. The summed E-state index contributed by atoms with van der Waals surface area (Å²) in [5.41, 5.74) is 14.1.